The number of hydrogen-bond donors (Lipinski definition) is 2. The summed E-state index contributed by atoms with van der Waals surface area (Å²) in [7, 11) is 0. The Morgan fingerprint density at radius 2 is 2.12 bits per heavy atom. The van der Waals surface area contributed by atoms with E-state index < -0.39 is 0 Å². The predicted molar refractivity (Wildman–Crippen MR) is 67.7 cm³/mol. The van der Waals surface area contributed by atoms with E-state index in [0.29, 0.717) is 0 Å². The van der Waals surface area contributed by atoms with Gasteiger partial charge in [0.05, 0.1) is 6.10 Å². The van der Waals surface area contributed by atoms with E-state index in [4.69, 9.17) is 0 Å². The second kappa shape index (κ2) is 4.71. The molecular formula is C14H19NO. The van der Waals surface area contributed by atoms with E-state index in [-0.39, 0.29) is 6.10 Å². The van der Waals surface area contributed by atoms with Crippen LogP contribution in [-0.2, 0) is 12.8 Å². The molecule has 2 nitrogen and oxygen atoms in total. The van der Waals surface area contributed by atoms with Crippen molar-refractivity contribution in [2.24, 2.45) is 0 Å². The molecule has 0 saturated heterocycles. The largest absolute Gasteiger partial charge is 0.393 e. The lowest BCUT2D eigenvalue weighted by atomic mass is 10.0. The maximum absolute atomic E-state index is 9.31. The molecule has 1 atom stereocenters. The molecule has 0 aliphatic rings. The molecule has 1 aromatic carbocycles. The number of nitrogens with one attached hydrogen (secondary N) is 1. The highest BCUT2D eigenvalue weighted by Gasteiger charge is 2.07. The summed E-state index contributed by atoms with van der Waals surface area (Å²) in [5.74, 6) is 0. The normalized spacial score (nSPS) is 13.2. The van der Waals surface area contributed by atoms with Gasteiger partial charge >= 0.3 is 0 Å². The molecule has 0 amide bonds. The maximum atomic E-state index is 9.31. The van der Waals surface area contributed by atoms with Crippen LogP contribution in [0.2, 0.25) is 0 Å². The summed E-state index contributed by atoms with van der Waals surface area (Å²) in [6, 6.07) is 6.43. The smallest absolute Gasteiger partial charge is 0.0515 e. The maximum Gasteiger partial charge on any atom is 0.0515 e. The predicted octanol–water partition coefficient (Wildman–Crippen LogP) is 3.04. The van der Waals surface area contributed by atoms with Gasteiger partial charge in [0.2, 0.25) is 0 Å². The average molecular weight is 217 g/mol. The highest BCUT2D eigenvalue weighted by atomic mass is 16.3. The van der Waals surface area contributed by atoms with Crippen LogP contribution in [0.25, 0.3) is 10.9 Å². The molecule has 2 N–H and O–H groups in total. The average Bonchev–Trinajstić information content (AvgIpc) is 2.69. The van der Waals surface area contributed by atoms with Crippen LogP contribution in [0, 0.1) is 0 Å². The van der Waals surface area contributed by atoms with Crippen LogP contribution in [0.4, 0.5) is 0 Å². The van der Waals surface area contributed by atoms with Crippen LogP contribution in [-0.4, -0.2) is 16.2 Å². The number of rotatable bonds is 4. The van der Waals surface area contributed by atoms with Gasteiger partial charge in [-0.25, -0.2) is 0 Å². The number of benzene rings is 1. The summed E-state index contributed by atoms with van der Waals surface area (Å²) in [5, 5.41) is 10.6. The van der Waals surface area contributed by atoms with E-state index in [1.807, 2.05) is 6.92 Å². The van der Waals surface area contributed by atoms with E-state index >= 15 is 0 Å². The van der Waals surface area contributed by atoms with E-state index in [9.17, 15) is 5.11 Å². The third-order valence-corrected chi connectivity index (χ3v) is 3.10. The van der Waals surface area contributed by atoms with Gasteiger partial charge in [-0.05, 0) is 37.3 Å². The molecular weight excluding hydrogens is 198 g/mol. The third-order valence-electron chi connectivity index (χ3n) is 3.10. The molecule has 0 spiro atoms. The topological polar surface area (TPSA) is 36.0 Å². The first-order chi connectivity index (χ1) is 7.72. The minimum absolute atomic E-state index is 0.223. The van der Waals surface area contributed by atoms with E-state index in [1.165, 1.54) is 22.0 Å². The molecule has 2 aromatic rings. The first-order valence-corrected chi connectivity index (χ1v) is 5.98. The fourth-order valence-corrected chi connectivity index (χ4v) is 2.14. The Morgan fingerprint density at radius 1 is 1.31 bits per heavy atom. The number of aromatic nitrogens is 1. The van der Waals surface area contributed by atoms with Crippen molar-refractivity contribution in [3.05, 3.63) is 35.5 Å². The Morgan fingerprint density at radius 3 is 2.81 bits per heavy atom. The molecule has 0 unspecified atom stereocenters. The molecule has 2 rings (SSSR count). The zero-order valence-electron chi connectivity index (χ0n) is 9.96. The molecule has 1 aromatic heterocycles. The van der Waals surface area contributed by atoms with Crippen LogP contribution in [0.1, 0.15) is 31.4 Å². The molecule has 0 fully saturated rings. The monoisotopic (exact) mass is 217 g/mol. The van der Waals surface area contributed by atoms with Crippen LogP contribution in [0.15, 0.2) is 24.4 Å². The number of fused-ring (bicyclic) bond motifs is 1. The lowest BCUT2D eigenvalue weighted by molar-refractivity contribution is 0.185. The van der Waals surface area contributed by atoms with E-state index in [1.54, 1.807) is 0 Å². The Bertz CT molecular complexity index is 471. The number of H-pyrrole nitrogens is 1. The van der Waals surface area contributed by atoms with Gasteiger partial charge < -0.3 is 10.1 Å². The minimum atomic E-state index is -0.223. The fourth-order valence-electron chi connectivity index (χ4n) is 2.14. The van der Waals surface area contributed by atoms with Crippen molar-refractivity contribution in [1.82, 2.24) is 4.98 Å². The molecule has 0 aliphatic carbocycles. The second-order valence-corrected chi connectivity index (χ2v) is 4.39. The van der Waals surface area contributed by atoms with Gasteiger partial charge in [-0.15, -0.1) is 0 Å². The SMILES string of the molecule is CCc1cccc2c(CC[C@@H](C)O)c[nH]c12. The molecule has 0 radical (unpaired) electrons. The van der Waals surface area contributed by atoms with Crippen LogP contribution in [0.3, 0.4) is 0 Å². The van der Waals surface area contributed by atoms with Crippen molar-refractivity contribution in [2.45, 2.75) is 39.2 Å². The highest BCUT2D eigenvalue weighted by molar-refractivity contribution is 5.86. The van der Waals surface area contributed by atoms with Crippen molar-refractivity contribution in [3.8, 4) is 0 Å². The number of hydrogen-bond acceptors (Lipinski definition) is 1. The molecule has 0 aliphatic heterocycles. The van der Waals surface area contributed by atoms with Gasteiger partial charge in [0.25, 0.3) is 0 Å². The highest BCUT2D eigenvalue weighted by Crippen LogP contribution is 2.23. The summed E-state index contributed by atoms with van der Waals surface area (Å²) < 4.78 is 0. The number of aliphatic hydroxyl groups excluding tert-OH is 1. The van der Waals surface area contributed by atoms with Crippen LogP contribution >= 0.6 is 0 Å². The van der Waals surface area contributed by atoms with Gasteiger partial charge in [0, 0.05) is 17.1 Å². The Labute approximate surface area is 96.3 Å². The van der Waals surface area contributed by atoms with Crippen molar-refractivity contribution in [1.29, 1.82) is 0 Å². The third kappa shape index (κ3) is 2.12. The zero-order valence-corrected chi connectivity index (χ0v) is 9.96. The summed E-state index contributed by atoms with van der Waals surface area (Å²) in [5.41, 5.74) is 3.93. The van der Waals surface area contributed by atoms with Gasteiger partial charge in [0.1, 0.15) is 0 Å². The van der Waals surface area contributed by atoms with Crippen LogP contribution < -0.4 is 0 Å². The summed E-state index contributed by atoms with van der Waals surface area (Å²) in [6.07, 6.45) is 4.66. The zero-order chi connectivity index (χ0) is 11.5. The molecule has 2 heteroatoms. The van der Waals surface area contributed by atoms with E-state index in [0.717, 1.165) is 19.3 Å². The Hall–Kier alpha value is -1.28. The summed E-state index contributed by atoms with van der Waals surface area (Å²) in [6.45, 7) is 4.01. The number of para-hydroxylation sites is 1. The lowest BCUT2D eigenvalue weighted by Crippen LogP contribution is -2.00. The summed E-state index contributed by atoms with van der Waals surface area (Å²) >= 11 is 0. The molecule has 0 bridgehead atoms. The van der Waals surface area contributed by atoms with Crippen LogP contribution in [0.5, 0.6) is 0 Å². The van der Waals surface area contributed by atoms with Gasteiger partial charge in [-0.3, -0.25) is 0 Å². The number of aromatic amines is 1. The molecule has 0 saturated carbocycles. The first kappa shape index (κ1) is 11.2. The van der Waals surface area contributed by atoms with Crippen molar-refractivity contribution in [2.75, 3.05) is 0 Å². The van der Waals surface area contributed by atoms with Gasteiger partial charge in [-0.2, -0.15) is 0 Å². The Balaban J connectivity index is 2.34. The van der Waals surface area contributed by atoms with E-state index in [2.05, 4.69) is 36.3 Å². The van der Waals surface area contributed by atoms with Gasteiger partial charge in [0.15, 0.2) is 0 Å². The Kier molecular flexibility index (Phi) is 3.30. The lowest BCUT2D eigenvalue weighted by Gasteiger charge is -2.03. The first-order valence-electron chi connectivity index (χ1n) is 5.98. The number of aryl methyl sites for hydroxylation is 2. The standard InChI is InChI=1S/C14H19NO/c1-3-11-5-4-6-13-12(8-7-10(2)16)9-15-14(11)13/h4-6,9-10,15-16H,3,7-8H2,1-2H3/t10-/m1/s1. The molecule has 86 valence electrons. The van der Waals surface area contributed by atoms with Crippen molar-refractivity contribution in [3.63, 3.8) is 0 Å². The molecule has 1 heterocycles. The fraction of sp³-hybridized carbons (Fsp3) is 0.429. The quantitative estimate of drug-likeness (QED) is 0.811. The van der Waals surface area contributed by atoms with Crippen molar-refractivity contribution < 1.29 is 5.11 Å². The minimum Gasteiger partial charge on any atom is -0.393 e. The molecule has 16 heavy (non-hydrogen) atoms. The van der Waals surface area contributed by atoms with Gasteiger partial charge in [-0.1, -0.05) is 25.1 Å². The second-order valence-electron chi connectivity index (χ2n) is 4.39. The number of aliphatic hydroxyl groups is 1. The summed E-state index contributed by atoms with van der Waals surface area (Å²) in [4.78, 5) is 3.35. The van der Waals surface area contributed by atoms with Crippen molar-refractivity contribution >= 4 is 10.9 Å².